The van der Waals surface area contributed by atoms with Crippen LogP contribution in [-0.4, -0.2) is 22.6 Å². The Morgan fingerprint density at radius 1 is 1.42 bits per heavy atom. The Kier molecular flexibility index (Phi) is 3.94. The molecule has 0 aliphatic rings. The molecule has 4 nitrogen and oxygen atoms in total. The lowest BCUT2D eigenvalue weighted by Crippen LogP contribution is -2.04. The molecule has 1 aromatic heterocycles. The van der Waals surface area contributed by atoms with Gasteiger partial charge in [-0.25, -0.2) is 14.2 Å². The van der Waals surface area contributed by atoms with Gasteiger partial charge in [-0.15, -0.1) is 0 Å². The van der Waals surface area contributed by atoms with Gasteiger partial charge in [0.1, 0.15) is 11.6 Å². The van der Waals surface area contributed by atoms with Crippen molar-refractivity contribution in [2.75, 3.05) is 7.11 Å². The van der Waals surface area contributed by atoms with Gasteiger partial charge in [0, 0.05) is 24.5 Å². The Balaban J connectivity index is 2.47. The molecule has 1 aromatic carbocycles. The van der Waals surface area contributed by atoms with E-state index in [1.54, 1.807) is 12.3 Å². The minimum absolute atomic E-state index is 0.184. The number of nitrogens with zero attached hydrogens (tertiary/aromatic N) is 2. The first-order valence-corrected chi connectivity index (χ1v) is 6.06. The monoisotopic (exact) mass is 262 g/mol. The molecule has 0 radical (unpaired) electrons. The molecule has 2 aromatic rings. The lowest BCUT2D eigenvalue weighted by molar-refractivity contribution is 0.0600. The van der Waals surface area contributed by atoms with E-state index >= 15 is 0 Å². The van der Waals surface area contributed by atoms with E-state index in [0.29, 0.717) is 11.4 Å². The molecule has 0 bridgehead atoms. The van der Waals surface area contributed by atoms with Crippen molar-refractivity contribution in [2.24, 2.45) is 0 Å². The molecule has 0 atom stereocenters. The van der Waals surface area contributed by atoms with Gasteiger partial charge in [0.15, 0.2) is 0 Å². The molecular weight excluding hydrogens is 247 g/mol. The molecule has 0 spiro atoms. The zero-order valence-electron chi connectivity index (χ0n) is 10.9. The third-order valence-corrected chi connectivity index (χ3v) is 2.76. The van der Waals surface area contributed by atoms with Crippen molar-refractivity contribution in [3.05, 3.63) is 42.0 Å². The molecule has 0 fully saturated rings. The molecule has 5 heteroatoms. The quantitative estimate of drug-likeness (QED) is 0.796. The Morgan fingerprint density at radius 3 is 2.89 bits per heavy atom. The number of aromatic nitrogens is 2. The van der Waals surface area contributed by atoms with Crippen LogP contribution in [0, 0.1) is 5.82 Å². The van der Waals surface area contributed by atoms with Gasteiger partial charge >= 0.3 is 5.97 Å². The van der Waals surface area contributed by atoms with Crippen LogP contribution < -0.4 is 0 Å². The smallest absolute Gasteiger partial charge is 0.337 e. The van der Waals surface area contributed by atoms with Crippen molar-refractivity contribution in [3.8, 4) is 11.4 Å². The van der Waals surface area contributed by atoms with E-state index in [1.165, 1.54) is 13.2 Å². The van der Waals surface area contributed by atoms with Crippen LogP contribution in [0.4, 0.5) is 4.39 Å². The summed E-state index contributed by atoms with van der Waals surface area (Å²) in [5.41, 5.74) is 0.752. The van der Waals surface area contributed by atoms with Gasteiger partial charge in [-0.2, -0.15) is 0 Å². The summed E-state index contributed by atoms with van der Waals surface area (Å²) < 4.78 is 20.1. The Bertz CT molecular complexity index is 593. The summed E-state index contributed by atoms with van der Waals surface area (Å²) in [6, 6.07) is 4.10. The van der Waals surface area contributed by atoms with Crippen molar-refractivity contribution < 1.29 is 13.9 Å². The Hall–Kier alpha value is -2.17. The number of carbonyl (C=O) groups is 1. The van der Waals surface area contributed by atoms with Gasteiger partial charge in [0.2, 0.25) is 0 Å². The largest absolute Gasteiger partial charge is 0.465 e. The summed E-state index contributed by atoms with van der Waals surface area (Å²) in [6.45, 7) is 2.84. The standard InChI is InChI=1S/C14H15FN2O2/c1-3-5-17-6-4-16-13(17)10-7-11(14(18)19-2)9-12(15)8-10/h4,6-9H,3,5H2,1-2H3. The maximum atomic E-state index is 13.6. The Labute approximate surface area is 110 Å². The van der Waals surface area contributed by atoms with Crippen LogP contribution in [0.2, 0.25) is 0 Å². The molecule has 0 unspecified atom stereocenters. The molecule has 0 aliphatic carbocycles. The third-order valence-electron chi connectivity index (χ3n) is 2.76. The molecule has 0 aliphatic heterocycles. The lowest BCUT2D eigenvalue weighted by Gasteiger charge is -2.08. The van der Waals surface area contributed by atoms with Gasteiger partial charge in [-0.05, 0) is 24.6 Å². The zero-order valence-corrected chi connectivity index (χ0v) is 10.9. The molecule has 100 valence electrons. The number of halogens is 1. The number of imidazole rings is 1. The molecule has 1 heterocycles. The van der Waals surface area contributed by atoms with Crippen molar-refractivity contribution in [2.45, 2.75) is 19.9 Å². The van der Waals surface area contributed by atoms with Crippen molar-refractivity contribution in [1.82, 2.24) is 9.55 Å². The number of rotatable bonds is 4. The summed E-state index contributed by atoms with van der Waals surface area (Å²) in [5, 5.41) is 0. The van der Waals surface area contributed by atoms with E-state index < -0.39 is 11.8 Å². The van der Waals surface area contributed by atoms with Crippen LogP contribution in [0.25, 0.3) is 11.4 Å². The molecule has 19 heavy (non-hydrogen) atoms. The fourth-order valence-electron chi connectivity index (χ4n) is 1.95. The summed E-state index contributed by atoms with van der Waals surface area (Å²) in [4.78, 5) is 15.7. The van der Waals surface area contributed by atoms with Crippen LogP contribution in [0.15, 0.2) is 30.6 Å². The molecule has 0 amide bonds. The lowest BCUT2D eigenvalue weighted by atomic mass is 10.1. The second-order valence-electron chi connectivity index (χ2n) is 4.16. The summed E-state index contributed by atoms with van der Waals surface area (Å²) in [5.74, 6) is -0.398. The average Bonchev–Trinajstić information content (AvgIpc) is 2.86. The van der Waals surface area contributed by atoms with Gasteiger partial charge in [0.05, 0.1) is 12.7 Å². The highest BCUT2D eigenvalue weighted by Gasteiger charge is 2.12. The maximum Gasteiger partial charge on any atom is 0.337 e. The fourth-order valence-corrected chi connectivity index (χ4v) is 1.95. The number of methoxy groups -OCH3 is 1. The van der Waals surface area contributed by atoms with E-state index in [-0.39, 0.29) is 5.56 Å². The van der Waals surface area contributed by atoms with E-state index in [1.807, 2.05) is 10.8 Å². The molecule has 0 saturated heterocycles. The SMILES string of the molecule is CCCn1ccnc1-c1cc(F)cc(C(=O)OC)c1. The average molecular weight is 262 g/mol. The number of hydrogen-bond donors (Lipinski definition) is 0. The molecule has 2 rings (SSSR count). The first kappa shape index (κ1) is 13.3. The summed E-state index contributed by atoms with van der Waals surface area (Å²) in [6.07, 6.45) is 4.44. The van der Waals surface area contributed by atoms with E-state index in [0.717, 1.165) is 19.0 Å². The van der Waals surface area contributed by atoms with Crippen LogP contribution >= 0.6 is 0 Å². The second kappa shape index (κ2) is 5.65. The highest BCUT2D eigenvalue weighted by molar-refractivity contribution is 5.90. The molecular formula is C14H15FN2O2. The second-order valence-corrected chi connectivity index (χ2v) is 4.16. The minimum Gasteiger partial charge on any atom is -0.465 e. The van der Waals surface area contributed by atoms with E-state index in [4.69, 9.17) is 0 Å². The van der Waals surface area contributed by atoms with Gasteiger partial charge in [-0.1, -0.05) is 6.92 Å². The highest BCUT2D eigenvalue weighted by Crippen LogP contribution is 2.21. The number of hydrogen-bond acceptors (Lipinski definition) is 3. The summed E-state index contributed by atoms with van der Waals surface area (Å²) in [7, 11) is 1.27. The number of aryl methyl sites for hydroxylation is 1. The maximum absolute atomic E-state index is 13.6. The fraction of sp³-hybridized carbons (Fsp3) is 0.286. The van der Waals surface area contributed by atoms with Gasteiger partial charge in [-0.3, -0.25) is 0 Å². The highest BCUT2D eigenvalue weighted by atomic mass is 19.1. The van der Waals surface area contributed by atoms with Gasteiger partial charge in [0.25, 0.3) is 0 Å². The third kappa shape index (κ3) is 2.81. The van der Waals surface area contributed by atoms with Crippen molar-refractivity contribution in [1.29, 1.82) is 0 Å². The van der Waals surface area contributed by atoms with Crippen molar-refractivity contribution >= 4 is 5.97 Å². The Morgan fingerprint density at radius 2 is 2.21 bits per heavy atom. The summed E-state index contributed by atoms with van der Waals surface area (Å²) >= 11 is 0. The predicted octanol–water partition coefficient (Wildman–Crippen LogP) is 2.89. The van der Waals surface area contributed by atoms with Crippen LogP contribution in [0.1, 0.15) is 23.7 Å². The predicted molar refractivity (Wildman–Crippen MR) is 69.3 cm³/mol. The topological polar surface area (TPSA) is 44.1 Å². The molecule has 0 N–H and O–H groups in total. The number of ether oxygens (including phenoxy) is 1. The van der Waals surface area contributed by atoms with E-state index in [2.05, 4.69) is 16.6 Å². The number of carbonyl (C=O) groups excluding carboxylic acids is 1. The first-order chi connectivity index (χ1) is 9.15. The number of benzene rings is 1. The first-order valence-electron chi connectivity index (χ1n) is 6.06. The van der Waals surface area contributed by atoms with Crippen LogP contribution in [0.3, 0.4) is 0 Å². The van der Waals surface area contributed by atoms with Crippen LogP contribution in [-0.2, 0) is 11.3 Å². The normalized spacial score (nSPS) is 10.5. The van der Waals surface area contributed by atoms with Crippen molar-refractivity contribution in [3.63, 3.8) is 0 Å². The zero-order chi connectivity index (χ0) is 13.8. The van der Waals surface area contributed by atoms with E-state index in [9.17, 15) is 9.18 Å². The minimum atomic E-state index is -0.561. The molecule has 0 saturated carbocycles. The number of esters is 1. The van der Waals surface area contributed by atoms with Gasteiger partial charge < -0.3 is 9.30 Å². The van der Waals surface area contributed by atoms with Crippen LogP contribution in [0.5, 0.6) is 0 Å².